The first kappa shape index (κ1) is 21.9. The molecule has 5 nitrogen and oxygen atoms in total. The van der Waals surface area contributed by atoms with E-state index < -0.39 is 41.8 Å². The third-order valence-corrected chi connectivity index (χ3v) is 4.27. The van der Waals surface area contributed by atoms with E-state index in [0.717, 1.165) is 39.6 Å². The SMILES string of the molecule is O=c1cc(OCC(F)(F)C(F)(F)F)ccn1-c1nc2ccc(C(F)(F)F)cn2c1S. The van der Waals surface area contributed by atoms with Crippen LogP contribution in [0.25, 0.3) is 11.5 Å². The van der Waals surface area contributed by atoms with Crippen molar-refractivity contribution in [2.24, 2.45) is 0 Å². The molecule has 0 bridgehead atoms. The molecular weight excluding hydrogens is 450 g/mol. The van der Waals surface area contributed by atoms with Crippen LogP contribution >= 0.6 is 12.6 Å². The van der Waals surface area contributed by atoms with Crippen molar-refractivity contribution in [2.75, 3.05) is 6.61 Å². The minimum atomic E-state index is -5.82. The average molecular weight is 459 g/mol. The van der Waals surface area contributed by atoms with Crippen LogP contribution < -0.4 is 10.3 Å². The van der Waals surface area contributed by atoms with Crippen LogP contribution in [-0.4, -0.2) is 32.7 Å². The minimum absolute atomic E-state index is 0.0278. The van der Waals surface area contributed by atoms with Gasteiger partial charge in [-0.25, -0.2) is 4.98 Å². The summed E-state index contributed by atoms with van der Waals surface area (Å²) >= 11 is 4.07. The third kappa shape index (κ3) is 4.08. The number of hydrogen-bond acceptors (Lipinski definition) is 4. The van der Waals surface area contributed by atoms with Gasteiger partial charge in [0.2, 0.25) is 0 Å². The molecule has 14 heteroatoms. The highest BCUT2D eigenvalue weighted by molar-refractivity contribution is 7.80. The Bertz CT molecular complexity index is 1150. The van der Waals surface area contributed by atoms with Crippen molar-refractivity contribution in [2.45, 2.75) is 23.3 Å². The Hall–Kier alpha value is -2.77. The summed E-state index contributed by atoms with van der Waals surface area (Å²) in [6, 6.07) is 3.38. The standard InChI is InChI=1S/C16H9F8N3O2S/c17-14(18,16(22,23)24)7-29-9-3-4-26(11(28)5-9)12-13(30)27-6-8(15(19,20)21)1-2-10(27)25-12/h1-6,30H,7H2. The molecule has 162 valence electrons. The zero-order chi connectivity index (χ0) is 22.5. The average Bonchev–Trinajstić information content (AvgIpc) is 2.94. The van der Waals surface area contributed by atoms with E-state index in [-0.39, 0.29) is 16.5 Å². The quantitative estimate of drug-likeness (QED) is 0.466. The summed E-state index contributed by atoms with van der Waals surface area (Å²) in [5.74, 6) is -5.88. The molecule has 0 saturated carbocycles. The first-order valence-corrected chi connectivity index (χ1v) is 8.24. The molecule has 3 aromatic heterocycles. The number of pyridine rings is 2. The summed E-state index contributed by atoms with van der Waals surface area (Å²) in [5, 5.41) is -0.143. The second-order valence-corrected chi connectivity index (χ2v) is 6.39. The number of thiol groups is 1. The number of rotatable bonds is 4. The molecule has 3 heterocycles. The Morgan fingerprint density at radius 2 is 1.70 bits per heavy atom. The maximum Gasteiger partial charge on any atom is 0.456 e. The van der Waals surface area contributed by atoms with Gasteiger partial charge in [-0.05, 0) is 18.2 Å². The summed E-state index contributed by atoms with van der Waals surface area (Å²) in [4.78, 5) is 16.2. The van der Waals surface area contributed by atoms with E-state index in [1.807, 2.05) is 0 Å². The fraction of sp³-hybridized carbons (Fsp3) is 0.250. The fourth-order valence-corrected chi connectivity index (χ4v) is 2.65. The summed E-state index contributed by atoms with van der Waals surface area (Å²) in [7, 11) is 0. The summed E-state index contributed by atoms with van der Waals surface area (Å²) < 4.78 is 107. The zero-order valence-electron chi connectivity index (χ0n) is 14.3. The van der Waals surface area contributed by atoms with E-state index in [1.165, 1.54) is 0 Å². The van der Waals surface area contributed by atoms with Crippen LogP contribution in [0.5, 0.6) is 5.75 Å². The predicted molar refractivity (Wildman–Crippen MR) is 89.5 cm³/mol. The van der Waals surface area contributed by atoms with Gasteiger partial charge in [-0.2, -0.15) is 35.1 Å². The highest BCUT2D eigenvalue weighted by Gasteiger charge is 2.58. The van der Waals surface area contributed by atoms with Crippen molar-refractivity contribution in [1.29, 1.82) is 0 Å². The first-order chi connectivity index (χ1) is 13.7. The maximum absolute atomic E-state index is 12.9. The number of aromatic nitrogens is 3. The van der Waals surface area contributed by atoms with Crippen LogP contribution in [0, 0.1) is 0 Å². The van der Waals surface area contributed by atoms with Gasteiger partial charge in [-0.15, -0.1) is 12.6 Å². The van der Waals surface area contributed by atoms with Crippen LogP contribution in [0.2, 0.25) is 0 Å². The van der Waals surface area contributed by atoms with Crippen LogP contribution in [0.4, 0.5) is 35.1 Å². The molecule has 0 amide bonds. The molecule has 0 N–H and O–H groups in total. The molecule has 0 atom stereocenters. The summed E-state index contributed by atoms with van der Waals surface area (Å²) in [6.07, 6.45) is -8.78. The van der Waals surface area contributed by atoms with Crippen molar-refractivity contribution in [3.05, 3.63) is 52.6 Å². The van der Waals surface area contributed by atoms with E-state index in [0.29, 0.717) is 6.07 Å². The van der Waals surface area contributed by atoms with Gasteiger partial charge in [0, 0.05) is 18.5 Å². The van der Waals surface area contributed by atoms with Crippen LogP contribution in [0.15, 0.2) is 46.5 Å². The molecule has 3 aromatic rings. The fourth-order valence-electron chi connectivity index (χ4n) is 2.33. The highest BCUT2D eigenvalue weighted by atomic mass is 32.1. The van der Waals surface area contributed by atoms with E-state index in [9.17, 15) is 39.9 Å². The molecular formula is C16H9F8N3O2S. The van der Waals surface area contributed by atoms with E-state index in [2.05, 4.69) is 22.3 Å². The molecule has 0 saturated heterocycles. The Morgan fingerprint density at radius 1 is 1.03 bits per heavy atom. The van der Waals surface area contributed by atoms with Gasteiger partial charge < -0.3 is 4.74 Å². The summed E-state index contributed by atoms with van der Waals surface area (Å²) in [6.45, 7) is -2.04. The van der Waals surface area contributed by atoms with Gasteiger partial charge in [-0.1, -0.05) is 0 Å². The Morgan fingerprint density at radius 3 is 2.27 bits per heavy atom. The lowest BCUT2D eigenvalue weighted by Gasteiger charge is -2.19. The van der Waals surface area contributed by atoms with E-state index in [4.69, 9.17) is 0 Å². The number of nitrogens with zero attached hydrogens (tertiary/aromatic N) is 3. The molecule has 0 unspecified atom stereocenters. The monoisotopic (exact) mass is 459 g/mol. The van der Waals surface area contributed by atoms with Crippen molar-refractivity contribution in [3.8, 4) is 11.6 Å². The van der Waals surface area contributed by atoms with Gasteiger partial charge >= 0.3 is 18.3 Å². The van der Waals surface area contributed by atoms with Crippen molar-refractivity contribution in [3.63, 3.8) is 0 Å². The van der Waals surface area contributed by atoms with Crippen LogP contribution in [-0.2, 0) is 6.18 Å². The van der Waals surface area contributed by atoms with Gasteiger partial charge in [-0.3, -0.25) is 13.8 Å². The Labute approximate surface area is 166 Å². The minimum Gasteiger partial charge on any atom is -0.487 e. The molecule has 3 rings (SSSR count). The highest BCUT2D eigenvalue weighted by Crippen LogP contribution is 2.35. The molecule has 30 heavy (non-hydrogen) atoms. The van der Waals surface area contributed by atoms with Crippen molar-refractivity contribution >= 4 is 18.3 Å². The predicted octanol–water partition coefficient (Wildman–Crippen LogP) is 4.37. The molecule has 0 aliphatic carbocycles. The van der Waals surface area contributed by atoms with Crippen molar-refractivity contribution < 1.29 is 39.9 Å². The van der Waals surface area contributed by atoms with Gasteiger partial charge in [0.15, 0.2) is 12.4 Å². The number of hydrogen-bond donors (Lipinski definition) is 1. The van der Waals surface area contributed by atoms with E-state index >= 15 is 0 Å². The molecule has 0 aliphatic heterocycles. The second kappa shape index (κ2) is 7.18. The largest absolute Gasteiger partial charge is 0.487 e. The smallest absolute Gasteiger partial charge is 0.456 e. The number of fused-ring (bicyclic) bond motifs is 1. The summed E-state index contributed by atoms with van der Waals surface area (Å²) in [5.41, 5.74) is -1.91. The number of ether oxygens (including phenoxy) is 1. The second-order valence-electron chi connectivity index (χ2n) is 5.96. The van der Waals surface area contributed by atoms with Gasteiger partial charge in [0.25, 0.3) is 5.56 Å². The Kier molecular flexibility index (Phi) is 5.25. The van der Waals surface area contributed by atoms with Crippen molar-refractivity contribution in [1.82, 2.24) is 14.0 Å². The lowest BCUT2D eigenvalue weighted by Crippen LogP contribution is -2.41. The Balaban J connectivity index is 1.93. The van der Waals surface area contributed by atoms with Crippen LogP contribution in [0.1, 0.15) is 5.56 Å². The molecule has 0 aliphatic rings. The molecule has 0 spiro atoms. The lowest BCUT2D eigenvalue weighted by molar-refractivity contribution is -0.290. The number of imidazole rings is 1. The topological polar surface area (TPSA) is 48.5 Å². The third-order valence-electron chi connectivity index (χ3n) is 3.86. The number of alkyl halides is 8. The zero-order valence-corrected chi connectivity index (χ0v) is 15.2. The molecule has 0 fully saturated rings. The lowest BCUT2D eigenvalue weighted by atomic mass is 10.3. The molecule has 0 radical (unpaired) electrons. The number of halogens is 8. The van der Waals surface area contributed by atoms with E-state index in [1.54, 1.807) is 0 Å². The maximum atomic E-state index is 12.9. The van der Waals surface area contributed by atoms with Gasteiger partial charge in [0.1, 0.15) is 16.4 Å². The normalized spacial score (nSPS) is 13.1. The first-order valence-electron chi connectivity index (χ1n) is 7.79. The van der Waals surface area contributed by atoms with Crippen LogP contribution in [0.3, 0.4) is 0 Å². The van der Waals surface area contributed by atoms with Gasteiger partial charge in [0.05, 0.1) is 5.56 Å². The molecule has 0 aromatic carbocycles.